The highest BCUT2D eigenvalue weighted by molar-refractivity contribution is 7.19. The number of ether oxygens (including phenoxy) is 1. The molecule has 176 valence electrons. The van der Waals surface area contributed by atoms with E-state index in [0.29, 0.717) is 30.1 Å². The summed E-state index contributed by atoms with van der Waals surface area (Å²) in [7, 11) is 0. The normalized spacial score (nSPS) is 23.7. The number of aryl methyl sites for hydroxylation is 1. The van der Waals surface area contributed by atoms with E-state index in [4.69, 9.17) is 16.2 Å². The third-order valence-corrected chi connectivity index (χ3v) is 7.63. The zero-order valence-electron chi connectivity index (χ0n) is 18.2. The van der Waals surface area contributed by atoms with Crippen molar-refractivity contribution in [3.63, 3.8) is 0 Å². The lowest BCUT2D eigenvalue weighted by atomic mass is 10.0. The van der Waals surface area contributed by atoms with Crippen molar-refractivity contribution in [3.05, 3.63) is 46.5 Å². The first-order chi connectivity index (χ1) is 15.8. The van der Waals surface area contributed by atoms with Gasteiger partial charge in [0.05, 0.1) is 16.5 Å². The number of aromatic nitrogens is 1. The summed E-state index contributed by atoms with van der Waals surface area (Å²) >= 11 is 1.38. The molecule has 1 saturated heterocycles. The van der Waals surface area contributed by atoms with Crippen LogP contribution >= 0.6 is 11.3 Å². The summed E-state index contributed by atoms with van der Waals surface area (Å²) in [5.74, 6) is -0.0902. The second kappa shape index (κ2) is 8.68. The van der Waals surface area contributed by atoms with Gasteiger partial charge < -0.3 is 26.2 Å². The molecule has 1 aromatic carbocycles. The fraction of sp³-hybridized carbons (Fsp3) is 0.435. The van der Waals surface area contributed by atoms with Crippen LogP contribution in [-0.4, -0.2) is 48.3 Å². The van der Waals surface area contributed by atoms with Gasteiger partial charge in [-0.2, -0.15) is 0 Å². The molecule has 4 heterocycles. The molecular formula is C23H27F2N5O2S. The van der Waals surface area contributed by atoms with Crippen molar-refractivity contribution in [1.82, 2.24) is 10.3 Å². The van der Waals surface area contributed by atoms with Crippen LogP contribution in [0, 0.1) is 12.8 Å². The molecule has 1 fully saturated rings. The molecule has 0 radical (unpaired) electrons. The van der Waals surface area contributed by atoms with E-state index in [0.717, 1.165) is 32.9 Å². The van der Waals surface area contributed by atoms with E-state index in [1.54, 1.807) is 0 Å². The molecule has 2 aliphatic heterocycles. The van der Waals surface area contributed by atoms with Gasteiger partial charge in [-0.05, 0) is 37.1 Å². The molecule has 6 N–H and O–H groups in total. The first-order valence-electron chi connectivity index (χ1n) is 10.9. The predicted molar refractivity (Wildman–Crippen MR) is 126 cm³/mol. The molecule has 0 saturated carbocycles. The molecule has 10 heteroatoms. The first-order valence-corrected chi connectivity index (χ1v) is 11.8. The Morgan fingerprint density at radius 3 is 2.85 bits per heavy atom. The summed E-state index contributed by atoms with van der Waals surface area (Å²) < 4.78 is 32.3. The average Bonchev–Trinajstić information content (AvgIpc) is 3.33. The van der Waals surface area contributed by atoms with Crippen LogP contribution < -0.4 is 26.4 Å². The van der Waals surface area contributed by atoms with Gasteiger partial charge in [-0.15, -0.1) is 11.3 Å². The van der Waals surface area contributed by atoms with E-state index in [-0.39, 0.29) is 12.6 Å². The summed E-state index contributed by atoms with van der Waals surface area (Å²) in [6.07, 6.45) is -2.70. The lowest BCUT2D eigenvalue weighted by molar-refractivity contribution is 0.0804. The zero-order valence-corrected chi connectivity index (χ0v) is 19.0. The maximum atomic E-state index is 13.2. The largest absolute Gasteiger partial charge is 0.492 e. The van der Waals surface area contributed by atoms with Crippen LogP contribution in [0.4, 0.5) is 20.2 Å². The summed E-state index contributed by atoms with van der Waals surface area (Å²) in [6.45, 7) is 2.92. The third kappa shape index (κ3) is 4.23. The Balaban J connectivity index is 1.27. The minimum Gasteiger partial charge on any atom is -0.492 e. The number of aliphatic hydroxyl groups excluding tert-OH is 1. The van der Waals surface area contributed by atoms with Crippen LogP contribution in [0.1, 0.15) is 22.4 Å². The van der Waals surface area contributed by atoms with Crippen molar-refractivity contribution in [2.24, 2.45) is 11.7 Å². The van der Waals surface area contributed by atoms with Crippen molar-refractivity contribution < 1.29 is 18.6 Å². The maximum Gasteiger partial charge on any atom is 0.244 e. The second-order valence-electron chi connectivity index (χ2n) is 8.83. The molecule has 1 unspecified atom stereocenters. The summed E-state index contributed by atoms with van der Waals surface area (Å²) in [5, 5.41) is 14.9. The van der Waals surface area contributed by atoms with Crippen molar-refractivity contribution in [2.75, 3.05) is 30.3 Å². The van der Waals surface area contributed by atoms with Gasteiger partial charge in [-0.3, -0.25) is 5.32 Å². The highest BCUT2D eigenvalue weighted by Crippen LogP contribution is 2.37. The monoisotopic (exact) mass is 475 g/mol. The highest BCUT2D eigenvalue weighted by Gasteiger charge is 2.37. The summed E-state index contributed by atoms with van der Waals surface area (Å²) in [6, 6.07) is 8.93. The molecule has 0 aliphatic carbocycles. The topological polar surface area (TPSA) is 110 Å². The Hall–Kier alpha value is -2.53. The fourth-order valence-corrected chi connectivity index (χ4v) is 5.69. The molecule has 0 spiro atoms. The minimum absolute atomic E-state index is 0.110. The number of hydrogen-bond acceptors (Lipinski definition) is 8. The van der Waals surface area contributed by atoms with Crippen molar-refractivity contribution in [2.45, 2.75) is 38.1 Å². The van der Waals surface area contributed by atoms with Gasteiger partial charge in [0, 0.05) is 48.0 Å². The minimum atomic E-state index is -2.42. The van der Waals surface area contributed by atoms with Crippen molar-refractivity contribution in [3.8, 4) is 5.75 Å². The summed E-state index contributed by atoms with van der Waals surface area (Å²) in [4.78, 5) is 7.83. The van der Waals surface area contributed by atoms with Gasteiger partial charge >= 0.3 is 0 Å². The van der Waals surface area contributed by atoms with E-state index in [2.05, 4.69) is 10.3 Å². The van der Waals surface area contributed by atoms with E-state index in [1.165, 1.54) is 11.3 Å². The Labute approximate surface area is 194 Å². The molecular weight excluding hydrogens is 448 g/mol. The van der Waals surface area contributed by atoms with E-state index in [1.807, 2.05) is 42.2 Å². The lowest BCUT2D eigenvalue weighted by Gasteiger charge is -2.29. The number of nitrogen functional groups attached to an aromatic ring is 1. The number of fused-ring (bicyclic) bond motifs is 2. The second-order valence-corrected chi connectivity index (χ2v) is 9.86. The quantitative estimate of drug-likeness (QED) is 0.420. The average molecular weight is 476 g/mol. The van der Waals surface area contributed by atoms with E-state index in [9.17, 15) is 13.9 Å². The number of aliphatic hydroxyl groups is 1. The van der Waals surface area contributed by atoms with Crippen LogP contribution in [-0.2, 0) is 6.42 Å². The van der Waals surface area contributed by atoms with Gasteiger partial charge in [0.25, 0.3) is 0 Å². The lowest BCUT2D eigenvalue weighted by Crippen LogP contribution is -2.41. The molecule has 3 aromatic rings. The van der Waals surface area contributed by atoms with Gasteiger partial charge in [-0.1, -0.05) is 6.07 Å². The number of hydrogen-bond donors (Lipinski definition) is 4. The molecule has 0 amide bonds. The van der Waals surface area contributed by atoms with Crippen LogP contribution in [0.5, 0.6) is 5.75 Å². The molecule has 7 nitrogen and oxygen atoms in total. The highest BCUT2D eigenvalue weighted by atomic mass is 32.1. The predicted octanol–water partition coefficient (Wildman–Crippen LogP) is 2.80. The number of thiophene rings is 1. The number of benzene rings is 1. The van der Waals surface area contributed by atoms with Gasteiger partial charge in [0.15, 0.2) is 0 Å². The van der Waals surface area contributed by atoms with Crippen LogP contribution in [0.2, 0.25) is 0 Å². The molecule has 33 heavy (non-hydrogen) atoms. The summed E-state index contributed by atoms with van der Waals surface area (Å²) in [5.41, 5.74) is 15.4. The number of nitrogens with two attached hydrogens (primary N) is 2. The fourth-order valence-electron chi connectivity index (χ4n) is 4.61. The number of nitrogens with zero attached hydrogens (tertiary/aromatic N) is 2. The molecule has 0 bridgehead atoms. The number of halogens is 2. The Morgan fingerprint density at radius 2 is 2.09 bits per heavy atom. The van der Waals surface area contributed by atoms with E-state index >= 15 is 0 Å². The van der Waals surface area contributed by atoms with Crippen LogP contribution in [0.3, 0.4) is 0 Å². The Morgan fingerprint density at radius 1 is 1.27 bits per heavy atom. The number of pyridine rings is 1. The number of anilines is 2. The van der Waals surface area contributed by atoms with Gasteiger partial charge in [0.1, 0.15) is 23.4 Å². The first kappa shape index (κ1) is 22.3. The van der Waals surface area contributed by atoms with Crippen molar-refractivity contribution in [1.29, 1.82) is 0 Å². The molecule has 4 atom stereocenters. The van der Waals surface area contributed by atoms with Crippen molar-refractivity contribution >= 4 is 32.9 Å². The van der Waals surface area contributed by atoms with Gasteiger partial charge in [0.2, 0.25) is 6.43 Å². The van der Waals surface area contributed by atoms with Crippen LogP contribution in [0.25, 0.3) is 10.2 Å². The molecule has 5 rings (SSSR count). The smallest absolute Gasteiger partial charge is 0.244 e. The molecule has 2 aliphatic rings. The van der Waals surface area contributed by atoms with Crippen LogP contribution in [0.15, 0.2) is 30.3 Å². The number of alkyl halides is 2. The third-order valence-electron chi connectivity index (χ3n) is 6.46. The van der Waals surface area contributed by atoms with E-state index < -0.39 is 24.6 Å². The zero-order chi connectivity index (χ0) is 23.3. The number of nitrogens with one attached hydrogen (secondary N) is 1. The maximum absolute atomic E-state index is 13.2. The molecule has 2 aromatic heterocycles. The number of rotatable bonds is 5. The Kier molecular flexibility index (Phi) is 5.86. The standard InChI is InChI=1S/C23H27F2N5O2S/c1-11-2-5-15-19(27)20(33-23(15)28-11)22(31)29-13-6-12-3-4-14(7-18(12)32-10-13)30-8-16(21(24)25)17(26)9-30/h2-5,7,13,16-17,21-22,29,31H,6,8-10,26-27H2,1H3/t13-,16-,17-,22?/m1/s1. The van der Waals surface area contributed by atoms with Gasteiger partial charge in [-0.25, -0.2) is 13.8 Å². The SMILES string of the molecule is Cc1ccc2c(N)c(C(O)N[C@H]3COc4cc(N5C[C@@H](N)[C@H](C(F)F)C5)ccc4C3)sc2n1. The Bertz CT molecular complexity index is 1170.